The van der Waals surface area contributed by atoms with E-state index in [9.17, 15) is 5.26 Å². The number of hydrogen-bond donors (Lipinski definition) is 0. The van der Waals surface area contributed by atoms with Gasteiger partial charge in [-0.05, 0) is 24.5 Å². The van der Waals surface area contributed by atoms with Crippen molar-refractivity contribution in [1.82, 2.24) is 9.88 Å². The minimum atomic E-state index is 0.495. The van der Waals surface area contributed by atoms with Crippen molar-refractivity contribution in [3.05, 3.63) is 36.0 Å². The Labute approximate surface area is 142 Å². The molecule has 0 saturated carbocycles. The van der Waals surface area contributed by atoms with Crippen molar-refractivity contribution in [1.29, 1.82) is 5.26 Å². The predicted octanol–water partition coefficient (Wildman–Crippen LogP) is 2.26. The lowest BCUT2D eigenvalue weighted by Crippen LogP contribution is -2.48. The lowest BCUT2D eigenvalue weighted by molar-refractivity contribution is 0.164. The molecule has 2 aromatic rings. The van der Waals surface area contributed by atoms with Gasteiger partial charge < -0.3 is 9.64 Å². The molecule has 1 atom stereocenters. The lowest BCUT2D eigenvalue weighted by Gasteiger charge is -2.37. The monoisotopic (exact) mass is 322 g/mol. The molecule has 0 bridgehead atoms. The highest BCUT2D eigenvalue weighted by molar-refractivity contribution is 5.92. The van der Waals surface area contributed by atoms with Crippen molar-refractivity contribution >= 4 is 16.6 Å². The van der Waals surface area contributed by atoms with Crippen molar-refractivity contribution in [2.24, 2.45) is 5.92 Å². The van der Waals surface area contributed by atoms with Crippen LogP contribution >= 0.6 is 0 Å². The van der Waals surface area contributed by atoms with Crippen LogP contribution in [-0.4, -0.2) is 55.8 Å². The highest BCUT2D eigenvalue weighted by Gasteiger charge is 2.23. The van der Waals surface area contributed by atoms with Gasteiger partial charge in [0.2, 0.25) is 0 Å². The van der Waals surface area contributed by atoms with Gasteiger partial charge in [0.15, 0.2) is 0 Å². The zero-order valence-electron chi connectivity index (χ0n) is 13.8. The Morgan fingerprint density at radius 3 is 2.79 bits per heavy atom. The molecule has 5 nitrogen and oxygen atoms in total. The molecule has 5 heteroatoms. The van der Waals surface area contributed by atoms with E-state index in [2.05, 4.69) is 26.9 Å². The Hall–Kier alpha value is -2.16. The number of benzene rings is 1. The first-order valence-corrected chi connectivity index (χ1v) is 8.68. The molecule has 2 aliphatic rings. The maximum Gasteiger partial charge on any atom is 0.143 e. The summed E-state index contributed by atoms with van der Waals surface area (Å²) in [5, 5.41) is 10.4. The van der Waals surface area contributed by atoms with Gasteiger partial charge in [-0.2, -0.15) is 5.26 Å². The van der Waals surface area contributed by atoms with Crippen molar-refractivity contribution in [2.45, 2.75) is 6.42 Å². The molecule has 1 aromatic heterocycles. The average molecular weight is 322 g/mol. The number of ether oxygens (including phenoxy) is 1. The van der Waals surface area contributed by atoms with Gasteiger partial charge in [0.25, 0.3) is 0 Å². The van der Waals surface area contributed by atoms with Gasteiger partial charge in [0.05, 0.1) is 12.1 Å². The van der Waals surface area contributed by atoms with E-state index < -0.39 is 0 Å². The summed E-state index contributed by atoms with van der Waals surface area (Å²) in [6.07, 6.45) is 1.20. The molecular formula is C19H22N4O. The van der Waals surface area contributed by atoms with Crippen LogP contribution in [0.25, 0.3) is 10.9 Å². The van der Waals surface area contributed by atoms with Crippen LogP contribution in [0.2, 0.25) is 0 Å². The van der Waals surface area contributed by atoms with Crippen molar-refractivity contribution in [2.75, 3.05) is 50.8 Å². The maximum absolute atomic E-state index is 9.27. The Bertz CT molecular complexity index is 756. The fourth-order valence-electron chi connectivity index (χ4n) is 3.74. The standard InChI is InChI=1S/C19H22N4O/c20-12-16-11-19(17-3-1-2-4-18(17)21-16)23-8-6-22(7-9-23)13-15-5-10-24-14-15/h1-4,11,15H,5-10,13-14H2. The third kappa shape index (κ3) is 3.08. The van der Waals surface area contributed by atoms with Crippen LogP contribution in [0.3, 0.4) is 0 Å². The summed E-state index contributed by atoms with van der Waals surface area (Å²) in [4.78, 5) is 9.36. The SMILES string of the molecule is N#Cc1cc(N2CCN(CC3CCOC3)CC2)c2ccccc2n1. The molecular weight excluding hydrogens is 300 g/mol. The zero-order valence-corrected chi connectivity index (χ0v) is 13.8. The summed E-state index contributed by atoms with van der Waals surface area (Å²) >= 11 is 0. The van der Waals surface area contributed by atoms with Crippen LogP contribution in [0.4, 0.5) is 5.69 Å². The molecule has 1 unspecified atom stereocenters. The van der Waals surface area contributed by atoms with Crippen LogP contribution in [0.1, 0.15) is 12.1 Å². The van der Waals surface area contributed by atoms with Gasteiger partial charge in [0.1, 0.15) is 11.8 Å². The van der Waals surface area contributed by atoms with Crippen LogP contribution in [-0.2, 0) is 4.74 Å². The molecule has 0 aliphatic carbocycles. The van der Waals surface area contributed by atoms with Gasteiger partial charge in [-0.3, -0.25) is 4.90 Å². The minimum Gasteiger partial charge on any atom is -0.381 e. The van der Waals surface area contributed by atoms with Gasteiger partial charge >= 0.3 is 0 Å². The predicted molar refractivity (Wildman–Crippen MR) is 94.0 cm³/mol. The summed E-state index contributed by atoms with van der Waals surface area (Å²) in [5.74, 6) is 0.698. The Kier molecular flexibility index (Phi) is 4.33. The third-order valence-electron chi connectivity index (χ3n) is 5.06. The second-order valence-corrected chi connectivity index (χ2v) is 6.67. The summed E-state index contributed by atoms with van der Waals surface area (Å²) in [7, 11) is 0. The lowest BCUT2D eigenvalue weighted by atomic mass is 10.1. The van der Waals surface area contributed by atoms with Crippen molar-refractivity contribution in [3.8, 4) is 6.07 Å². The van der Waals surface area contributed by atoms with E-state index in [4.69, 9.17) is 4.74 Å². The van der Waals surface area contributed by atoms with Crippen LogP contribution in [0.5, 0.6) is 0 Å². The smallest absolute Gasteiger partial charge is 0.143 e. The highest BCUT2D eigenvalue weighted by atomic mass is 16.5. The van der Waals surface area contributed by atoms with E-state index in [0.29, 0.717) is 11.6 Å². The molecule has 0 radical (unpaired) electrons. The summed E-state index contributed by atoms with van der Waals surface area (Å²) in [6.45, 7) is 7.10. The van der Waals surface area contributed by atoms with Gasteiger partial charge in [-0.1, -0.05) is 18.2 Å². The van der Waals surface area contributed by atoms with Crippen molar-refractivity contribution in [3.63, 3.8) is 0 Å². The first kappa shape index (κ1) is 15.4. The van der Waals surface area contributed by atoms with E-state index >= 15 is 0 Å². The largest absolute Gasteiger partial charge is 0.381 e. The molecule has 2 aliphatic heterocycles. The number of para-hydroxylation sites is 1. The Morgan fingerprint density at radius 2 is 2.04 bits per heavy atom. The number of anilines is 1. The Morgan fingerprint density at radius 1 is 1.21 bits per heavy atom. The van der Waals surface area contributed by atoms with E-state index in [1.807, 2.05) is 24.3 Å². The molecule has 1 aromatic carbocycles. The summed E-state index contributed by atoms with van der Waals surface area (Å²) in [5.41, 5.74) is 2.53. The van der Waals surface area contributed by atoms with Crippen LogP contribution < -0.4 is 4.90 Å². The molecule has 0 amide bonds. The number of fused-ring (bicyclic) bond motifs is 1. The molecule has 124 valence electrons. The second-order valence-electron chi connectivity index (χ2n) is 6.67. The topological polar surface area (TPSA) is 52.4 Å². The first-order valence-electron chi connectivity index (χ1n) is 8.68. The number of nitrogens with zero attached hydrogens (tertiary/aromatic N) is 4. The quantitative estimate of drug-likeness (QED) is 0.867. The van der Waals surface area contributed by atoms with Gasteiger partial charge in [-0.15, -0.1) is 0 Å². The van der Waals surface area contributed by atoms with E-state index in [1.54, 1.807) is 0 Å². The van der Waals surface area contributed by atoms with E-state index in [-0.39, 0.29) is 0 Å². The van der Waals surface area contributed by atoms with Crippen LogP contribution in [0, 0.1) is 17.2 Å². The minimum absolute atomic E-state index is 0.495. The molecule has 4 rings (SSSR count). The zero-order chi connectivity index (χ0) is 16.4. The number of nitriles is 1. The molecule has 24 heavy (non-hydrogen) atoms. The number of hydrogen-bond acceptors (Lipinski definition) is 5. The average Bonchev–Trinajstić information content (AvgIpc) is 3.14. The molecule has 3 heterocycles. The molecule has 0 spiro atoms. The molecule has 2 saturated heterocycles. The van der Waals surface area contributed by atoms with Crippen molar-refractivity contribution < 1.29 is 4.74 Å². The van der Waals surface area contributed by atoms with Gasteiger partial charge in [0, 0.05) is 50.4 Å². The fraction of sp³-hybridized carbons (Fsp3) is 0.474. The van der Waals surface area contributed by atoms with E-state index in [0.717, 1.165) is 62.5 Å². The Balaban J connectivity index is 1.51. The molecule has 2 fully saturated rings. The summed E-state index contributed by atoms with van der Waals surface area (Å²) in [6, 6.07) is 12.2. The number of aromatic nitrogens is 1. The molecule has 0 N–H and O–H groups in total. The second kappa shape index (κ2) is 6.76. The number of piperazine rings is 1. The number of rotatable bonds is 3. The highest BCUT2D eigenvalue weighted by Crippen LogP contribution is 2.28. The van der Waals surface area contributed by atoms with Gasteiger partial charge in [-0.25, -0.2) is 4.98 Å². The summed E-state index contributed by atoms with van der Waals surface area (Å²) < 4.78 is 5.49. The third-order valence-corrected chi connectivity index (χ3v) is 5.06. The van der Waals surface area contributed by atoms with E-state index in [1.165, 1.54) is 6.42 Å². The normalized spacial score (nSPS) is 22.0. The fourth-order valence-corrected chi connectivity index (χ4v) is 3.74. The number of pyridine rings is 1. The first-order chi connectivity index (χ1) is 11.8. The van der Waals surface area contributed by atoms with Crippen LogP contribution in [0.15, 0.2) is 30.3 Å². The maximum atomic E-state index is 9.27.